The van der Waals surface area contributed by atoms with E-state index in [1.54, 1.807) is 0 Å². The van der Waals surface area contributed by atoms with Gasteiger partial charge in [0.05, 0.1) is 22.7 Å². The van der Waals surface area contributed by atoms with Gasteiger partial charge in [0.2, 0.25) is 5.91 Å². The molecule has 2 N–H and O–H groups in total. The fourth-order valence-electron chi connectivity index (χ4n) is 2.59. The highest BCUT2D eigenvalue weighted by molar-refractivity contribution is 7.99. The van der Waals surface area contributed by atoms with Crippen LogP contribution < -0.4 is 11.0 Å². The summed E-state index contributed by atoms with van der Waals surface area (Å²) in [6, 6.07) is 2.94. The molecule has 0 atom stereocenters. The van der Waals surface area contributed by atoms with Gasteiger partial charge in [-0.1, -0.05) is 25.1 Å². The zero-order valence-corrected chi connectivity index (χ0v) is 16.6. The molecule has 3 rings (SSSR count). The van der Waals surface area contributed by atoms with Crippen LogP contribution in [-0.2, 0) is 17.5 Å². The van der Waals surface area contributed by atoms with Gasteiger partial charge in [-0.3, -0.25) is 9.36 Å². The lowest BCUT2D eigenvalue weighted by Gasteiger charge is -2.14. The van der Waals surface area contributed by atoms with Gasteiger partial charge >= 0.3 is 11.9 Å². The summed E-state index contributed by atoms with van der Waals surface area (Å²) in [5.41, 5.74) is -1.11. The molecule has 30 heavy (non-hydrogen) atoms. The number of thioether (sulfide) groups is 1. The summed E-state index contributed by atoms with van der Waals surface area (Å²) < 4.78 is 42.0. The van der Waals surface area contributed by atoms with Gasteiger partial charge < -0.3 is 5.32 Å². The number of carbonyl (C=O) groups excluding carboxylic acids is 1. The van der Waals surface area contributed by atoms with E-state index < -0.39 is 17.6 Å². The maximum atomic E-state index is 13.1. The van der Waals surface area contributed by atoms with Crippen molar-refractivity contribution in [3.63, 3.8) is 0 Å². The normalized spacial score (nSPS) is 11.6. The molecule has 0 aliphatic rings. The van der Waals surface area contributed by atoms with Crippen LogP contribution in [0.4, 0.5) is 18.9 Å². The number of H-pyrrole nitrogens is 1. The maximum Gasteiger partial charge on any atom is 0.416 e. The second kappa shape index (κ2) is 9.15. The van der Waals surface area contributed by atoms with E-state index in [1.807, 2.05) is 6.92 Å². The fourth-order valence-corrected chi connectivity index (χ4v) is 3.36. The van der Waals surface area contributed by atoms with Crippen LogP contribution in [0.3, 0.4) is 0 Å². The number of aromatic amines is 1. The van der Waals surface area contributed by atoms with Crippen LogP contribution in [-0.4, -0.2) is 41.2 Å². The molecule has 0 unspecified atom stereocenters. The number of hydrogen-bond acceptors (Lipinski definition) is 6. The first-order valence-electron chi connectivity index (χ1n) is 8.93. The number of benzene rings is 1. The van der Waals surface area contributed by atoms with Crippen LogP contribution in [0.2, 0.25) is 0 Å². The molecule has 13 heteroatoms. The molecule has 0 bridgehead atoms. The lowest BCUT2D eigenvalue weighted by atomic mass is 10.1. The van der Waals surface area contributed by atoms with Gasteiger partial charge in [-0.25, -0.2) is 19.6 Å². The number of hydrogen-bond donors (Lipinski definition) is 2. The molecular formula is C17H18F3N7O2S. The molecule has 1 amide bonds. The van der Waals surface area contributed by atoms with E-state index in [-0.39, 0.29) is 22.8 Å². The molecule has 9 nitrogen and oxygen atoms in total. The minimum absolute atomic E-state index is 0.0636. The van der Waals surface area contributed by atoms with E-state index in [0.717, 1.165) is 36.7 Å². The smallest absolute Gasteiger partial charge is 0.323 e. The highest BCUT2D eigenvalue weighted by Gasteiger charge is 2.31. The second-order valence-electron chi connectivity index (χ2n) is 6.22. The highest BCUT2D eigenvalue weighted by atomic mass is 32.2. The van der Waals surface area contributed by atoms with Crippen molar-refractivity contribution in [1.82, 2.24) is 29.5 Å². The predicted molar refractivity (Wildman–Crippen MR) is 103 cm³/mol. The van der Waals surface area contributed by atoms with Gasteiger partial charge in [0.15, 0.2) is 5.16 Å². The number of nitrogens with zero attached hydrogens (tertiary/aromatic N) is 5. The number of alkyl halides is 3. The van der Waals surface area contributed by atoms with Crippen molar-refractivity contribution < 1.29 is 18.0 Å². The van der Waals surface area contributed by atoms with E-state index >= 15 is 0 Å². The van der Waals surface area contributed by atoms with Crippen LogP contribution in [0.15, 0.2) is 40.8 Å². The molecule has 3 aromatic rings. The van der Waals surface area contributed by atoms with Gasteiger partial charge in [0.1, 0.15) is 12.7 Å². The SMILES string of the molecule is CCCCn1c(SCC(=O)Nc2cc(C(F)(F)F)ccc2-n2cncn2)n[nH]c1=O. The number of carbonyl (C=O) groups is 1. The molecule has 2 heterocycles. The number of rotatable bonds is 8. The number of unbranched alkanes of at least 4 members (excludes halogenated alkanes) is 1. The monoisotopic (exact) mass is 441 g/mol. The third kappa shape index (κ3) is 5.09. The molecule has 160 valence electrons. The van der Waals surface area contributed by atoms with E-state index in [1.165, 1.54) is 28.0 Å². The Kier molecular flexibility index (Phi) is 6.59. The first kappa shape index (κ1) is 21.6. The molecule has 0 aliphatic heterocycles. The van der Waals surface area contributed by atoms with Crippen LogP contribution in [0, 0.1) is 0 Å². The Labute approximate surface area is 172 Å². The molecule has 0 spiro atoms. The first-order chi connectivity index (χ1) is 14.3. The lowest BCUT2D eigenvalue weighted by Crippen LogP contribution is -2.19. The standard InChI is InChI=1S/C17H18F3N7O2S/c1-2-3-6-26-15(29)24-25-16(26)30-8-14(28)23-12-7-11(17(18,19)20)4-5-13(12)27-10-21-9-22-27/h4-5,7,9-10H,2-3,6,8H2,1H3,(H,23,28)(H,24,29). The molecule has 0 radical (unpaired) electrons. The fraction of sp³-hybridized carbons (Fsp3) is 0.353. The zero-order chi connectivity index (χ0) is 21.7. The van der Waals surface area contributed by atoms with Gasteiger partial charge in [0.25, 0.3) is 0 Å². The van der Waals surface area contributed by atoms with Crippen molar-refractivity contribution >= 4 is 23.4 Å². The number of halogens is 3. The summed E-state index contributed by atoms with van der Waals surface area (Å²) in [4.78, 5) is 28.0. The average Bonchev–Trinajstić information content (AvgIpc) is 3.34. The van der Waals surface area contributed by atoms with Crippen molar-refractivity contribution in [3.05, 3.63) is 46.9 Å². The lowest BCUT2D eigenvalue weighted by molar-refractivity contribution is -0.137. The van der Waals surface area contributed by atoms with Crippen molar-refractivity contribution in [2.75, 3.05) is 11.1 Å². The molecule has 2 aromatic heterocycles. The van der Waals surface area contributed by atoms with Crippen molar-refractivity contribution in [2.24, 2.45) is 0 Å². The number of anilines is 1. The summed E-state index contributed by atoms with van der Waals surface area (Å²) in [6.45, 7) is 2.44. The third-order valence-corrected chi connectivity index (χ3v) is 5.03. The summed E-state index contributed by atoms with van der Waals surface area (Å²) in [7, 11) is 0. The predicted octanol–water partition coefficient (Wildman–Crippen LogP) is 2.70. The molecule has 0 aliphatic carbocycles. The number of nitrogens with one attached hydrogen (secondary N) is 2. The Morgan fingerprint density at radius 3 is 2.80 bits per heavy atom. The maximum absolute atomic E-state index is 13.1. The molecule has 0 saturated carbocycles. The second-order valence-corrected chi connectivity index (χ2v) is 7.17. The Bertz CT molecular complexity index is 1060. The van der Waals surface area contributed by atoms with Crippen molar-refractivity contribution in [1.29, 1.82) is 0 Å². The first-order valence-corrected chi connectivity index (χ1v) is 9.92. The quantitative estimate of drug-likeness (QED) is 0.520. The summed E-state index contributed by atoms with van der Waals surface area (Å²) in [6.07, 6.45) is -0.386. The number of amides is 1. The van der Waals surface area contributed by atoms with E-state index in [9.17, 15) is 22.8 Å². The number of aromatic nitrogens is 6. The Morgan fingerprint density at radius 2 is 2.13 bits per heavy atom. The van der Waals surface area contributed by atoms with E-state index in [4.69, 9.17) is 0 Å². The molecule has 0 fully saturated rings. The van der Waals surface area contributed by atoms with Gasteiger partial charge in [-0.2, -0.15) is 18.3 Å². The van der Waals surface area contributed by atoms with Gasteiger partial charge in [-0.05, 0) is 24.6 Å². The summed E-state index contributed by atoms with van der Waals surface area (Å²) >= 11 is 1.01. The Hall–Kier alpha value is -3.09. The highest BCUT2D eigenvalue weighted by Crippen LogP contribution is 2.33. The van der Waals surface area contributed by atoms with Gasteiger partial charge in [-0.15, -0.1) is 5.10 Å². The summed E-state index contributed by atoms with van der Waals surface area (Å²) in [5.74, 6) is -0.707. The van der Waals surface area contributed by atoms with Crippen LogP contribution in [0.25, 0.3) is 5.69 Å². The minimum atomic E-state index is -4.57. The van der Waals surface area contributed by atoms with Crippen LogP contribution in [0.5, 0.6) is 0 Å². The molecular weight excluding hydrogens is 423 g/mol. The van der Waals surface area contributed by atoms with Crippen LogP contribution >= 0.6 is 11.8 Å². The largest absolute Gasteiger partial charge is 0.416 e. The van der Waals surface area contributed by atoms with Crippen molar-refractivity contribution in [2.45, 2.75) is 37.6 Å². The minimum Gasteiger partial charge on any atom is -0.323 e. The van der Waals surface area contributed by atoms with Crippen LogP contribution in [0.1, 0.15) is 25.3 Å². The average molecular weight is 441 g/mol. The van der Waals surface area contributed by atoms with Gasteiger partial charge in [0, 0.05) is 6.54 Å². The van der Waals surface area contributed by atoms with Crippen molar-refractivity contribution in [3.8, 4) is 5.69 Å². The molecule has 1 aromatic carbocycles. The topological polar surface area (TPSA) is 110 Å². The third-order valence-electron chi connectivity index (χ3n) is 4.05. The Morgan fingerprint density at radius 1 is 1.33 bits per heavy atom. The summed E-state index contributed by atoms with van der Waals surface area (Å²) in [5, 5.41) is 12.9. The Balaban J connectivity index is 1.77. The zero-order valence-electron chi connectivity index (χ0n) is 15.8. The van der Waals surface area contributed by atoms with E-state index in [0.29, 0.717) is 11.7 Å². The van der Waals surface area contributed by atoms with E-state index in [2.05, 4.69) is 25.6 Å². The molecule has 0 saturated heterocycles.